The fraction of sp³-hybridized carbons (Fsp3) is 0.0275. The lowest BCUT2D eigenvalue weighted by Crippen LogP contribution is -2.16. The van der Waals surface area contributed by atoms with Crippen LogP contribution in [0.25, 0.3) is 75.5 Å². The van der Waals surface area contributed by atoms with Crippen LogP contribution in [-0.4, -0.2) is 0 Å². The lowest BCUT2D eigenvalue weighted by Gasteiger charge is -2.30. The van der Waals surface area contributed by atoms with Crippen LogP contribution in [0.15, 0.2) is 449 Å². The van der Waals surface area contributed by atoms with E-state index in [9.17, 15) is 0 Å². The molecule has 0 spiro atoms. The number of benzene rings is 18. The molecule has 4 nitrogen and oxygen atoms in total. The summed E-state index contributed by atoms with van der Waals surface area (Å²) >= 11 is 27.5. The maximum atomic E-state index is 6.54. The van der Waals surface area contributed by atoms with Crippen LogP contribution >= 0.6 is 57.7 Å². The molecule has 9 heteroatoms. The second kappa shape index (κ2) is 35.5. The zero-order chi connectivity index (χ0) is 80.3. The number of nitrogens with zero attached hydrogens (tertiary/aromatic N) is 4. The molecule has 1 aliphatic carbocycles. The highest BCUT2D eigenvalue weighted by molar-refractivity contribution is 7.25. The Morgan fingerprint density at radius 3 is 1.15 bits per heavy atom. The van der Waals surface area contributed by atoms with Gasteiger partial charge in [-0.15, -0.1) is 11.3 Å². The van der Waals surface area contributed by atoms with Gasteiger partial charge in [0.05, 0.1) is 27.8 Å². The van der Waals surface area contributed by atoms with E-state index in [1.165, 1.54) is 86.6 Å². The molecule has 1 aromatic heterocycles. The smallest absolute Gasteiger partial charge is 0.0648 e. The summed E-state index contributed by atoms with van der Waals surface area (Å²) in [4.78, 5) is 9.06. The Morgan fingerprint density at radius 2 is 0.576 bits per heavy atom. The molecule has 19 aromatic rings. The fourth-order valence-electron chi connectivity index (χ4n) is 15.9. The Labute approximate surface area is 714 Å². The molecule has 20 rings (SSSR count). The minimum atomic E-state index is -0.0686. The molecule has 0 saturated carbocycles. The molecular formula is C109H80Cl4N4S. The second-order valence-corrected chi connectivity index (χ2v) is 32.1. The first-order chi connectivity index (χ1) is 58.0. The van der Waals surface area contributed by atoms with Crippen molar-refractivity contribution in [3.05, 3.63) is 480 Å². The van der Waals surface area contributed by atoms with Gasteiger partial charge in [0.15, 0.2) is 0 Å². The first-order valence-corrected chi connectivity index (χ1v) is 41.7. The van der Waals surface area contributed by atoms with Crippen molar-refractivity contribution in [1.82, 2.24) is 0 Å². The Balaban J connectivity index is 0.000000114. The molecular weight excluding hydrogens is 1540 g/mol. The monoisotopic (exact) mass is 1620 g/mol. The van der Waals surface area contributed by atoms with Crippen molar-refractivity contribution in [3.63, 3.8) is 0 Å². The number of halogens is 4. The van der Waals surface area contributed by atoms with Crippen molar-refractivity contribution in [2.24, 2.45) is 0 Å². The average molecular weight is 1620 g/mol. The predicted molar refractivity (Wildman–Crippen MR) is 509 cm³/mol. The van der Waals surface area contributed by atoms with Gasteiger partial charge in [0, 0.05) is 103 Å². The van der Waals surface area contributed by atoms with Crippen LogP contribution < -0.4 is 19.6 Å². The number of hydrogen-bond acceptors (Lipinski definition) is 5. The van der Waals surface area contributed by atoms with Gasteiger partial charge in [-0.3, -0.25) is 0 Å². The van der Waals surface area contributed by atoms with Crippen LogP contribution in [0.3, 0.4) is 0 Å². The first kappa shape index (κ1) is 77.4. The van der Waals surface area contributed by atoms with Crippen LogP contribution in [0.1, 0.15) is 25.0 Å². The van der Waals surface area contributed by atoms with Gasteiger partial charge in [-0.25, -0.2) is 0 Å². The third kappa shape index (κ3) is 16.7. The molecule has 0 aliphatic heterocycles. The van der Waals surface area contributed by atoms with E-state index in [1.807, 2.05) is 114 Å². The summed E-state index contributed by atoms with van der Waals surface area (Å²) < 4.78 is 2.62. The summed E-state index contributed by atoms with van der Waals surface area (Å²) in [6.45, 7) is 4.65. The molecule has 0 radical (unpaired) electrons. The zero-order valence-electron chi connectivity index (χ0n) is 64.9. The van der Waals surface area contributed by atoms with Crippen LogP contribution in [0.2, 0.25) is 20.1 Å². The highest BCUT2D eigenvalue weighted by atomic mass is 35.5. The maximum absolute atomic E-state index is 6.54. The molecule has 0 unspecified atom stereocenters. The average Bonchev–Trinajstić information content (AvgIpc) is 1.56. The van der Waals surface area contributed by atoms with Crippen LogP contribution in [0, 0.1) is 0 Å². The predicted octanol–water partition coefficient (Wildman–Crippen LogP) is 34.1. The van der Waals surface area contributed by atoms with Crippen LogP contribution in [0.4, 0.5) is 68.2 Å². The number of thiophene rings is 1. The van der Waals surface area contributed by atoms with Gasteiger partial charge in [-0.05, 0) is 208 Å². The summed E-state index contributed by atoms with van der Waals surface area (Å²) in [6, 6.07) is 156. The van der Waals surface area contributed by atoms with E-state index in [2.05, 4.69) is 379 Å². The Morgan fingerprint density at radius 1 is 0.220 bits per heavy atom. The molecule has 0 bridgehead atoms. The van der Waals surface area contributed by atoms with Crippen molar-refractivity contribution in [2.45, 2.75) is 19.3 Å². The maximum Gasteiger partial charge on any atom is 0.0648 e. The SMILES string of the molecule is CC1(C)c2ccccc2-c2c(N(c3cccc(Cl)c3)c3ccccc3-c3ccccc3)cccc21.Clc1cccc(N(c2ccc(-c3ccccc3)cc2)c2ccc(-c3ccccc3)cc2)c1.Clc1cccc(N(c2ccccc2)c2ccc3sc4ccccc4c3c2)c1.Clc1ccccc1N(c1ccccc1)c1cccc2ccccc12. The van der Waals surface area contributed by atoms with Crippen molar-refractivity contribution < 1.29 is 0 Å². The number of hydrogen-bond donors (Lipinski definition) is 0. The van der Waals surface area contributed by atoms with Crippen molar-refractivity contribution in [3.8, 4) is 44.5 Å². The van der Waals surface area contributed by atoms with E-state index >= 15 is 0 Å². The van der Waals surface area contributed by atoms with Gasteiger partial charge >= 0.3 is 0 Å². The molecule has 0 saturated heterocycles. The summed E-state index contributed by atoms with van der Waals surface area (Å²) in [5.74, 6) is 0. The Bertz CT molecular complexity index is 6580. The molecule has 0 atom stereocenters. The summed E-state index contributed by atoms with van der Waals surface area (Å²) in [5.41, 5.74) is 25.4. The van der Waals surface area contributed by atoms with Crippen molar-refractivity contribution in [2.75, 3.05) is 19.6 Å². The fourth-order valence-corrected chi connectivity index (χ4v) is 17.8. The molecule has 0 amide bonds. The molecule has 1 aliphatic rings. The molecule has 0 N–H and O–H groups in total. The van der Waals surface area contributed by atoms with Gasteiger partial charge in [0.25, 0.3) is 0 Å². The number of fused-ring (bicyclic) bond motifs is 7. The normalized spacial score (nSPS) is 11.5. The van der Waals surface area contributed by atoms with E-state index in [1.54, 1.807) is 0 Å². The van der Waals surface area contributed by atoms with E-state index < -0.39 is 0 Å². The summed E-state index contributed by atoms with van der Waals surface area (Å²) in [5, 5.41) is 7.90. The zero-order valence-corrected chi connectivity index (χ0v) is 68.8. The minimum Gasteiger partial charge on any atom is -0.310 e. The number of para-hydroxylation sites is 4. The van der Waals surface area contributed by atoms with Crippen molar-refractivity contribution >= 4 is 157 Å². The van der Waals surface area contributed by atoms with E-state index in [-0.39, 0.29) is 5.41 Å². The van der Waals surface area contributed by atoms with Crippen molar-refractivity contribution in [1.29, 1.82) is 0 Å². The summed E-state index contributed by atoms with van der Waals surface area (Å²) in [7, 11) is 0. The van der Waals surface area contributed by atoms with E-state index in [0.29, 0.717) is 5.02 Å². The van der Waals surface area contributed by atoms with Gasteiger partial charge in [-0.1, -0.05) is 351 Å². The second-order valence-electron chi connectivity index (χ2n) is 29.3. The van der Waals surface area contributed by atoms with Gasteiger partial charge < -0.3 is 19.6 Å². The molecule has 570 valence electrons. The minimum absolute atomic E-state index is 0.0686. The Kier molecular flexibility index (Phi) is 23.3. The molecule has 118 heavy (non-hydrogen) atoms. The third-order valence-corrected chi connectivity index (χ3v) is 23.6. The van der Waals surface area contributed by atoms with Gasteiger partial charge in [-0.2, -0.15) is 0 Å². The summed E-state index contributed by atoms with van der Waals surface area (Å²) in [6.07, 6.45) is 0. The standard InChI is InChI=1S/C33H26ClN.C30H22ClN.C24H16ClNS.C22H16ClN/c1-33(2)28-18-8-6-17-27(28)32-29(33)19-11-21-31(32)35(25-15-10-14-24(34)22-25)30-20-9-7-16-26(30)23-12-4-3-5-13-23;31-27-12-7-13-30(22-27)32(28-18-14-25(15-19-28)23-8-3-1-4-9-23)29-20-16-26(17-21-29)24-10-5-2-6-11-24;25-17-7-6-10-19(15-17)26(18-8-2-1-3-9-18)20-13-14-24-22(16-20)21-11-4-5-12-23(21)27-24;23-20-14-6-7-15-22(20)24(18-11-2-1-3-12-18)21-16-8-10-17-9-4-5-13-19(17)21/h3-22H,1-2H3;1-22H;1-16H;1-16H. The van der Waals surface area contributed by atoms with E-state index in [0.717, 1.165) is 83.3 Å². The molecule has 0 fully saturated rings. The lowest BCUT2D eigenvalue weighted by atomic mass is 9.82. The van der Waals surface area contributed by atoms with E-state index in [4.69, 9.17) is 46.4 Å². The Hall–Kier alpha value is -13.2. The first-order valence-electron chi connectivity index (χ1n) is 39.4. The largest absolute Gasteiger partial charge is 0.310 e. The number of rotatable bonds is 15. The highest BCUT2D eigenvalue weighted by Gasteiger charge is 2.38. The molecule has 1 heterocycles. The van der Waals surface area contributed by atoms with Gasteiger partial charge in [0.1, 0.15) is 0 Å². The molecule has 18 aromatic carbocycles. The van der Waals surface area contributed by atoms with Crippen LogP contribution in [0.5, 0.6) is 0 Å². The van der Waals surface area contributed by atoms with Crippen LogP contribution in [-0.2, 0) is 5.41 Å². The van der Waals surface area contributed by atoms with Gasteiger partial charge in [0.2, 0.25) is 0 Å². The highest BCUT2D eigenvalue weighted by Crippen LogP contribution is 2.55. The topological polar surface area (TPSA) is 13.0 Å². The third-order valence-electron chi connectivity index (χ3n) is 21.5. The number of anilines is 12. The quantitative estimate of drug-likeness (QED) is 0.101. The lowest BCUT2D eigenvalue weighted by molar-refractivity contribution is 0.660.